The van der Waals surface area contributed by atoms with E-state index >= 15 is 18.4 Å². The number of halogens is 2. The van der Waals surface area contributed by atoms with Crippen molar-refractivity contribution in [2.75, 3.05) is 27.4 Å². The van der Waals surface area contributed by atoms with E-state index in [2.05, 4.69) is 0 Å². The zero-order valence-electron chi connectivity index (χ0n) is 52.9. The number of esters is 2. The van der Waals surface area contributed by atoms with Gasteiger partial charge in [0.25, 0.3) is 0 Å². The standard InChI is InChI=1S/C73H78F2O16/c1-66(2)88-60-54-48-21-19-38-29-40(76)23-25-70(38,7)72(48,74)52(80)32-68(54,5)56(62(60)90-66)50(78)34-86-64(82)46-27-36-15-11-13-17-42(36)44(58(46)84-9)31-45-43-18-14-12-16-37(43)28-47(59(45)85-10)65(83)87-35-51(79)57-63-61(89-67(3,4)91-63)55-49-22-20-39-30-41(77)24-26-71(39,8)73(49,75)53(81)33-69(55,57)6/h11-18,23-30,48-49,52-57,60-63,80-81H,19-22,31-35H2,1-10H3/t48-,49+,52-,53+,54+,55-,56-,57+,60+,61-,62-,63+,68-,69+,70-,71+,72-,73+. The first-order valence-corrected chi connectivity index (χ1v) is 31.9. The molecule has 480 valence electrons. The molecule has 8 aliphatic carbocycles. The van der Waals surface area contributed by atoms with Gasteiger partial charge in [0, 0.05) is 52.0 Å². The topological polar surface area (TPSA) is 217 Å². The number of benzene rings is 4. The molecule has 16 nitrogen and oxygen atoms in total. The van der Waals surface area contributed by atoms with Gasteiger partial charge in [0.1, 0.15) is 22.6 Å². The number of methoxy groups -OCH3 is 2. The molecule has 18 heteroatoms. The van der Waals surface area contributed by atoms with Gasteiger partial charge in [-0.2, -0.15) is 0 Å². The van der Waals surface area contributed by atoms with E-state index in [1.807, 2.05) is 62.4 Å². The molecule has 18 atom stereocenters. The molecule has 2 heterocycles. The summed E-state index contributed by atoms with van der Waals surface area (Å²) in [5.74, 6) is -9.96. The maximum Gasteiger partial charge on any atom is 0.342 e. The molecule has 0 amide bonds. The summed E-state index contributed by atoms with van der Waals surface area (Å²) in [4.78, 5) is 84.8. The quantitative estimate of drug-likeness (QED) is 0.126. The van der Waals surface area contributed by atoms with Crippen molar-refractivity contribution in [1.82, 2.24) is 0 Å². The monoisotopic (exact) mass is 1250 g/mol. The van der Waals surface area contributed by atoms with Crippen molar-refractivity contribution in [2.24, 2.45) is 57.2 Å². The van der Waals surface area contributed by atoms with Crippen LogP contribution in [-0.4, -0.2) is 132 Å². The third-order valence-corrected chi connectivity index (χ3v) is 23.8. The molecule has 2 aliphatic heterocycles. The number of rotatable bonds is 12. The minimum atomic E-state index is -2.20. The summed E-state index contributed by atoms with van der Waals surface area (Å²) in [5.41, 5.74) is -6.83. The average molecular weight is 1250 g/mol. The number of alkyl halides is 2. The Balaban J connectivity index is 0.744. The van der Waals surface area contributed by atoms with E-state index in [1.54, 1.807) is 65.8 Å². The molecule has 91 heavy (non-hydrogen) atoms. The first-order valence-electron chi connectivity index (χ1n) is 31.9. The number of ether oxygens (including phenoxy) is 8. The number of ketones is 4. The molecule has 2 saturated heterocycles. The third-order valence-electron chi connectivity index (χ3n) is 23.8. The van der Waals surface area contributed by atoms with Gasteiger partial charge < -0.3 is 48.1 Å². The van der Waals surface area contributed by atoms with Gasteiger partial charge in [0.15, 0.2) is 59.3 Å². The Morgan fingerprint density at radius 1 is 0.560 bits per heavy atom. The summed E-state index contributed by atoms with van der Waals surface area (Å²) in [7, 11) is 2.83. The van der Waals surface area contributed by atoms with Crippen molar-refractivity contribution < 1.29 is 85.7 Å². The van der Waals surface area contributed by atoms with Gasteiger partial charge in [0.05, 0.1) is 62.7 Å². The van der Waals surface area contributed by atoms with Crippen LogP contribution in [0.25, 0.3) is 21.5 Å². The molecule has 0 unspecified atom stereocenters. The van der Waals surface area contributed by atoms with Crippen LogP contribution in [-0.2, 0) is 54.0 Å². The van der Waals surface area contributed by atoms with Crippen LogP contribution in [0.3, 0.4) is 0 Å². The SMILES string of the molecule is COc1c(C(=O)OCC(=O)[C@@H]2[C@H]3OC(C)(C)O[C@H]3[C@@H]3[C@H]4CCC5=CC(=O)C=C[C@@]5(C)[C@]4(F)[C@H](O)C[C@]32C)cc2ccccc2c1Cc1c(OC)c(C(=O)OCC(=O)[C@H]2[C@@H]3OC(C)(C)O[C@@H]3[C@H]3[C@@H]4CCC5=CC(=O)C=C[C@]5(C)[C@@]4(F)[C@@H](O)C[C@@]32C)cc2ccccc12. The molecule has 6 saturated carbocycles. The summed E-state index contributed by atoms with van der Waals surface area (Å²) in [6, 6.07) is 18.0. The number of aliphatic hydroxyl groups excluding tert-OH is 2. The van der Waals surface area contributed by atoms with Crippen LogP contribution in [0.2, 0.25) is 0 Å². The van der Waals surface area contributed by atoms with Gasteiger partial charge in [-0.1, -0.05) is 85.7 Å². The van der Waals surface area contributed by atoms with Crippen molar-refractivity contribution >= 4 is 56.6 Å². The number of carbonyl (C=O) groups excluding carboxylic acids is 6. The molecule has 0 radical (unpaired) electrons. The van der Waals surface area contributed by atoms with Crippen molar-refractivity contribution in [3.63, 3.8) is 0 Å². The number of hydrogen-bond acceptors (Lipinski definition) is 16. The van der Waals surface area contributed by atoms with Crippen molar-refractivity contribution in [1.29, 1.82) is 0 Å². The lowest BCUT2D eigenvalue weighted by molar-refractivity contribution is -0.233. The normalized spacial score (nSPS) is 39.3. The third kappa shape index (κ3) is 8.69. The van der Waals surface area contributed by atoms with Crippen molar-refractivity contribution in [3.05, 3.63) is 131 Å². The zero-order valence-corrected chi connectivity index (χ0v) is 52.9. The summed E-state index contributed by atoms with van der Waals surface area (Å²) in [6.45, 7) is 12.8. The fourth-order valence-corrected chi connectivity index (χ4v) is 20.2. The van der Waals surface area contributed by atoms with Gasteiger partial charge in [0.2, 0.25) is 0 Å². The van der Waals surface area contributed by atoms with Crippen LogP contribution in [0.5, 0.6) is 11.5 Å². The summed E-state index contributed by atoms with van der Waals surface area (Å²) < 4.78 is 87.3. The molecule has 0 spiro atoms. The van der Waals surface area contributed by atoms with Gasteiger partial charge in [-0.15, -0.1) is 0 Å². The maximum absolute atomic E-state index is 18.3. The summed E-state index contributed by atoms with van der Waals surface area (Å²) in [6.07, 6.45) is 3.75. The number of hydrogen-bond donors (Lipinski definition) is 2. The van der Waals surface area contributed by atoms with Crippen LogP contribution in [0.1, 0.15) is 126 Å². The fraction of sp³-hybridized carbons (Fsp3) is 0.534. The number of allylic oxidation sites excluding steroid dienone is 8. The van der Waals surface area contributed by atoms with E-state index in [0.717, 1.165) is 0 Å². The Bertz CT molecular complexity index is 3720. The lowest BCUT2D eigenvalue weighted by atomic mass is 9.45. The first kappa shape index (κ1) is 61.7. The highest BCUT2D eigenvalue weighted by molar-refractivity contribution is 6.05. The van der Waals surface area contributed by atoms with Crippen LogP contribution < -0.4 is 9.47 Å². The van der Waals surface area contributed by atoms with Crippen LogP contribution >= 0.6 is 0 Å². The van der Waals surface area contributed by atoms with E-state index in [0.29, 0.717) is 69.5 Å². The van der Waals surface area contributed by atoms with Gasteiger partial charge >= 0.3 is 11.9 Å². The molecule has 0 bridgehead atoms. The number of Topliss-reactive ketones (excluding diaryl/α,β-unsaturated/α-hetero) is 2. The van der Waals surface area contributed by atoms with Crippen LogP contribution in [0.15, 0.2) is 108 Å². The molecule has 14 rings (SSSR count). The Morgan fingerprint density at radius 3 is 1.32 bits per heavy atom. The highest BCUT2D eigenvalue weighted by Gasteiger charge is 2.79. The molecule has 10 aliphatic rings. The maximum atomic E-state index is 18.3. The second kappa shape index (κ2) is 20.9. The highest BCUT2D eigenvalue weighted by Crippen LogP contribution is 2.73. The van der Waals surface area contributed by atoms with E-state index in [1.165, 1.54) is 38.5 Å². The van der Waals surface area contributed by atoms with E-state index in [4.69, 9.17) is 37.9 Å². The largest absolute Gasteiger partial charge is 0.496 e. The number of aliphatic hydroxyl groups is 2. The van der Waals surface area contributed by atoms with Crippen LogP contribution in [0, 0.1) is 57.2 Å². The first-order chi connectivity index (χ1) is 43.0. The Labute approximate surface area is 526 Å². The average Bonchev–Trinajstić information content (AvgIpc) is 1.61. The van der Waals surface area contributed by atoms with E-state index in [-0.39, 0.29) is 53.5 Å². The molecule has 4 aromatic carbocycles. The van der Waals surface area contributed by atoms with E-state index in [9.17, 15) is 29.4 Å². The highest BCUT2D eigenvalue weighted by atomic mass is 19.1. The molecular weight excluding hydrogens is 1170 g/mol. The van der Waals surface area contributed by atoms with Crippen molar-refractivity contribution in [3.8, 4) is 11.5 Å². The Morgan fingerprint density at radius 2 is 0.934 bits per heavy atom. The smallest absolute Gasteiger partial charge is 0.342 e. The minimum Gasteiger partial charge on any atom is -0.496 e. The van der Waals surface area contributed by atoms with Gasteiger partial charge in [-0.3, -0.25) is 19.2 Å². The second-order valence-electron chi connectivity index (χ2n) is 29.2. The fourth-order valence-electron chi connectivity index (χ4n) is 20.2. The van der Waals surface area contributed by atoms with Crippen LogP contribution in [0.4, 0.5) is 8.78 Å². The Kier molecular flexibility index (Phi) is 14.1. The lowest BCUT2D eigenvalue weighted by Crippen LogP contribution is -2.68. The minimum absolute atomic E-state index is 0.000611. The van der Waals surface area contributed by atoms with E-state index < -0.39 is 153 Å². The number of carbonyl (C=O) groups is 6. The zero-order chi connectivity index (χ0) is 64.7. The molecule has 2 N–H and O–H groups in total. The summed E-state index contributed by atoms with van der Waals surface area (Å²) >= 11 is 0. The Hall–Kier alpha value is -6.80. The lowest BCUT2D eigenvalue weighted by Gasteiger charge is -2.62. The van der Waals surface area contributed by atoms with Crippen molar-refractivity contribution in [2.45, 2.75) is 160 Å². The van der Waals surface area contributed by atoms with Gasteiger partial charge in [-0.05, 0) is 149 Å². The molecule has 8 fully saturated rings. The predicted octanol–water partition coefficient (Wildman–Crippen LogP) is 10.5. The van der Waals surface area contributed by atoms with Gasteiger partial charge in [-0.25, -0.2) is 18.4 Å². The number of fused-ring (bicyclic) bond motifs is 16. The predicted molar refractivity (Wildman–Crippen MR) is 327 cm³/mol. The molecular formula is C73H78F2O16. The molecule has 0 aromatic heterocycles. The second-order valence-corrected chi connectivity index (χ2v) is 29.2. The molecule has 4 aromatic rings. The summed E-state index contributed by atoms with van der Waals surface area (Å²) in [5, 5.41) is 26.9.